The van der Waals surface area contributed by atoms with Crippen molar-refractivity contribution in [1.82, 2.24) is 4.68 Å². The molecular formula is C22H23N3O5S. The lowest BCUT2D eigenvalue weighted by atomic mass is 10.1. The summed E-state index contributed by atoms with van der Waals surface area (Å²) in [5, 5.41) is 26.6. The molecule has 0 amide bonds. The number of aromatic nitrogens is 1. The van der Waals surface area contributed by atoms with Gasteiger partial charge in [0.25, 0.3) is 0 Å². The van der Waals surface area contributed by atoms with Gasteiger partial charge in [-0.3, -0.25) is 4.99 Å². The van der Waals surface area contributed by atoms with Crippen molar-refractivity contribution in [3.63, 3.8) is 0 Å². The van der Waals surface area contributed by atoms with Crippen LogP contribution >= 0.6 is 11.3 Å². The number of phenols is 2. The van der Waals surface area contributed by atoms with Crippen molar-refractivity contribution in [3.8, 4) is 40.0 Å². The zero-order chi connectivity index (χ0) is 22.0. The van der Waals surface area contributed by atoms with Gasteiger partial charge < -0.3 is 24.4 Å². The van der Waals surface area contributed by atoms with Crippen molar-refractivity contribution in [2.24, 2.45) is 10.1 Å². The van der Waals surface area contributed by atoms with Crippen molar-refractivity contribution >= 4 is 17.6 Å². The lowest BCUT2D eigenvalue weighted by Gasteiger charge is -2.12. The summed E-state index contributed by atoms with van der Waals surface area (Å²) in [6.07, 6.45) is 3.75. The van der Waals surface area contributed by atoms with Gasteiger partial charge >= 0.3 is 0 Å². The molecule has 8 nitrogen and oxygen atoms in total. The number of hydrogen-bond donors (Lipinski definition) is 2. The van der Waals surface area contributed by atoms with E-state index in [2.05, 4.69) is 5.10 Å². The van der Waals surface area contributed by atoms with E-state index in [1.807, 2.05) is 5.38 Å². The summed E-state index contributed by atoms with van der Waals surface area (Å²) >= 11 is 1.44. The smallest absolute Gasteiger partial charge is 0.206 e. The van der Waals surface area contributed by atoms with Crippen LogP contribution in [0.2, 0.25) is 0 Å². The summed E-state index contributed by atoms with van der Waals surface area (Å²) in [5.74, 6) is 1.64. The molecule has 2 N–H and O–H groups in total. The van der Waals surface area contributed by atoms with Gasteiger partial charge in [0.1, 0.15) is 28.7 Å². The zero-order valence-electron chi connectivity index (χ0n) is 17.4. The van der Waals surface area contributed by atoms with Crippen LogP contribution in [0.3, 0.4) is 0 Å². The van der Waals surface area contributed by atoms with Crippen molar-refractivity contribution in [1.29, 1.82) is 0 Å². The van der Waals surface area contributed by atoms with Gasteiger partial charge in [0.15, 0.2) is 0 Å². The van der Waals surface area contributed by atoms with E-state index in [0.29, 0.717) is 44.9 Å². The molecule has 0 bridgehead atoms. The van der Waals surface area contributed by atoms with E-state index in [1.54, 1.807) is 50.4 Å². The summed E-state index contributed by atoms with van der Waals surface area (Å²) < 4.78 is 18.0. The quantitative estimate of drug-likeness (QED) is 0.546. The van der Waals surface area contributed by atoms with Gasteiger partial charge in [0, 0.05) is 29.1 Å². The first-order valence-corrected chi connectivity index (χ1v) is 10.5. The summed E-state index contributed by atoms with van der Waals surface area (Å²) in [6, 6.07) is 8.27. The first-order valence-electron chi connectivity index (χ1n) is 9.65. The monoisotopic (exact) mass is 441 g/mol. The highest BCUT2D eigenvalue weighted by Crippen LogP contribution is 2.34. The molecule has 0 aliphatic heterocycles. The molecule has 0 atom stereocenters. The molecule has 4 rings (SSSR count). The highest BCUT2D eigenvalue weighted by molar-refractivity contribution is 7.07. The second kappa shape index (κ2) is 8.73. The highest BCUT2D eigenvalue weighted by Gasteiger charge is 2.21. The van der Waals surface area contributed by atoms with Gasteiger partial charge in [-0.2, -0.15) is 5.10 Å². The number of aromatic hydroxyl groups is 2. The highest BCUT2D eigenvalue weighted by atomic mass is 32.1. The van der Waals surface area contributed by atoms with Gasteiger partial charge in [-0.1, -0.05) is 0 Å². The minimum absolute atomic E-state index is 0.0119. The summed E-state index contributed by atoms with van der Waals surface area (Å²) in [7, 11) is 4.71. The number of thiazole rings is 1. The Kier molecular flexibility index (Phi) is 5.85. The fourth-order valence-electron chi connectivity index (χ4n) is 3.06. The van der Waals surface area contributed by atoms with Crippen LogP contribution in [0.25, 0.3) is 11.3 Å². The van der Waals surface area contributed by atoms with E-state index in [0.717, 1.165) is 12.8 Å². The van der Waals surface area contributed by atoms with Crippen LogP contribution in [0.1, 0.15) is 18.4 Å². The summed E-state index contributed by atoms with van der Waals surface area (Å²) in [5.41, 5.74) is 1.84. The Labute approximate surface area is 183 Å². The lowest BCUT2D eigenvalue weighted by Crippen LogP contribution is -2.13. The van der Waals surface area contributed by atoms with Gasteiger partial charge in [-0.15, -0.1) is 11.3 Å². The molecular weight excluding hydrogens is 418 g/mol. The van der Waals surface area contributed by atoms with Crippen molar-refractivity contribution in [3.05, 3.63) is 46.1 Å². The third-order valence-electron chi connectivity index (χ3n) is 4.84. The summed E-state index contributed by atoms with van der Waals surface area (Å²) in [4.78, 5) is 5.46. The molecule has 0 spiro atoms. The predicted molar refractivity (Wildman–Crippen MR) is 119 cm³/mol. The maximum absolute atomic E-state index is 10.4. The minimum atomic E-state index is -0.0423. The average Bonchev–Trinajstić information content (AvgIpc) is 3.51. The maximum atomic E-state index is 10.4. The number of nitrogens with zero attached hydrogens (tertiary/aromatic N) is 3. The number of methoxy groups -OCH3 is 3. The fourth-order valence-corrected chi connectivity index (χ4v) is 3.96. The van der Waals surface area contributed by atoms with Gasteiger partial charge in [0.2, 0.25) is 4.80 Å². The van der Waals surface area contributed by atoms with Gasteiger partial charge in [-0.25, -0.2) is 4.68 Å². The first-order chi connectivity index (χ1) is 15.0. The predicted octanol–water partition coefficient (Wildman–Crippen LogP) is 3.60. The van der Waals surface area contributed by atoms with E-state index in [4.69, 9.17) is 19.2 Å². The molecule has 1 heterocycles. The molecule has 0 unspecified atom stereocenters. The van der Waals surface area contributed by atoms with Crippen LogP contribution in [0.5, 0.6) is 28.7 Å². The fraction of sp³-hybridized carbons (Fsp3) is 0.273. The van der Waals surface area contributed by atoms with Crippen LogP contribution in [0, 0.1) is 0 Å². The lowest BCUT2D eigenvalue weighted by molar-refractivity contribution is 0.374. The first kappa shape index (κ1) is 20.8. The molecule has 1 aromatic heterocycles. The minimum Gasteiger partial charge on any atom is -0.508 e. The summed E-state index contributed by atoms with van der Waals surface area (Å²) in [6.45, 7) is 0. The standard InChI is InChI=1S/C22H23N3O5S/c1-28-15-9-20(29-2)17(21(10-15)30-3)11-23-25-18(12-31-22(25)24-13-4-5-13)16-7-6-14(26)8-19(16)27/h6-13,26-27H,4-5H2,1-3H3/b23-11+,24-22?. The van der Waals surface area contributed by atoms with E-state index >= 15 is 0 Å². The molecule has 31 heavy (non-hydrogen) atoms. The third kappa shape index (κ3) is 4.36. The van der Waals surface area contributed by atoms with E-state index < -0.39 is 0 Å². The molecule has 2 aromatic carbocycles. The van der Waals surface area contributed by atoms with Crippen LogP contribution < -0.4 is 19.0 Å². The Morgan fingerprint density at radius 3 is 2.32 bits per heavy atom. The Morgan fingerprint density at radius 2 is 1.74 bits per heavy atom. The largest absolute Gasteiger partial charge is 0.508 e. The normalized spacial score (nSPS) is 14.2. The molecule has 0 saturated heterocycles. The molecule has 1 aliphatic rings. The Balaban J connectivity index is 1.85. The zero-order valence-corrected chi connectivity index (χ0v) is 18.2. The second-order valence-corrected chi connectivity index (χ2v) is 7.80. The van der Waals surface area contributed by atoms with E-state index in [-0.39, 0.29) is 11.5 Å². The van der Waals surface area contributed by atoms with Crippen molar-refractivity contribution in [2.45, 2.75) is 18.9 Å². The van der Waals surface area contributed by atoms with Gasteiger partial charge in [-0.05, 0) is 25.0 Å². The number of phenolic OH excluding ortho intramolecular Hbond substituents is 2. The molecule has 162 valence electrons. The molecule has 0 radical (unpaired) electrons. The number of hydrogen-bond acceptors (Lipinski definition) is 8. The van der Waals surface area contributed by atoms with Crippen LogP contribution in [0.4, 0.5) is 0 Å². The molecule has 3 aromatic rings. The number of rotatable bonds is 7. The molecule has 9 heteroatoms. The van der Waals surface area contributed by atoms with Crippen molar-refractivity contribution < 1.29 is 24.4 Å². The number of ether oxygens (including phenoxy) is 3. The van der Waals surface area contributed by atoms with Gasteiger partial charge in [0.05, 0.1) is 44.8 Å². The topological polar surface area (TPSA) is 97.8 Å². The molecule has 1 fully saturated rings. The Bertz CT molecular complexity index is 1170. The van der Waals surface area contributed by atoms with Crippen LogP contribution in [-0.2, 0) is 0 Å². The molecule has 1 aliphatic carbocycles. The second-order valence-electron chi connectivity index (χ2n) is 6.97. The Hall–Kier alpha value is -3.46. The molecule has 1 saturated carbocycles. The number of benzene rings is 2. The van der Waals surface area contributed by atoms with E-state index in [9.17, 15) is 10.2 Å². The third-order valence-corrected chi connectivity index (χ3v) is 5.67. The Morgan fingerprint density at radius 1 is 1.03 bits per heavy atom. The average molecular weight is 442 g/mol. The SMILES string of the molecule is COc1cc(OC)c(/C=N/n2c(-c3ccc(O)cc3O)csc2=NC2CC2)c(OC)c1. The van der Waals surface area contributed by atoms with Crippen LogP contribution in [0.15, 0.2) is 45.8 Å². The maximum Gasteiger partial charge on any atom is 0.206 e. The van der Waals surface area contributed by atoms with E-state index in [1.165, 1.54) is 23.5 Å². The van der Waals surface area contributed by atoms with Crippen LogP contribution in [-0.4, -0.2) is 48.5 Å². The van der Waals surface area contributed by atoms with Crippen molar-refractivity contribution in [2.75, 3.05) is 21.3 Å².